The molecule has 11 heteroatoms. The highest BCUT2D eigenvalue weighted by Crippen LogP contribution is 2.35. The molecule has 40 heavy (non-hydrogen) atoms. The van der Waals surface area contributed by atoms with E-state index in [4.69, 9.17) is 20.3 Å². The molecular formula is C29H33N7O4. The summed E-state index contributed by atoms with van der Waals surface area (Å²) in [5, 5.41) is 8.84. The van der Waals surface area contributed by atoms with Crippen LogP contribution in [0, 0.1) is 0 Å². The first kappa shape index (κ1) is 27.1. The topological polar surface area (TPSA) is 129 Å². The summed E-state index contributed by atoms with van der Waals surface area (Å²) in [5.74, 6) is 1.78. The summed E-state index contributed by atoms with van der Waals surface area (Å²) in [6.45, 7) is 6.34. The van der Waals surface area contributed by atoms with Crippen molar-refractivity contribution in [2.24, 2.45) is 0 Å². The molecule has 1 aliphatic heterocycles. The minimum absolute atomic E-state index is 0.0980. The Hall–Kier alpha value is -4.51. The van der Waals surface area contributed by atoms with Crippen molar-refractivity contribution in [3.8, 4) is 22.8 Å². The number of aromatic nitrogens is 4. The Balaban J connectivity index is 1.44. The van der Waals surface area contributed by atoms with Gasteiger partial charge < -0.3 is 20.0 Å². The summed E-state index contributed by atoms with van der Waals surface area (Å²) < 4.78 is 13.4. The minimum atomic E-state index is -0.684. The average Bonchev–Trinajstić information content (AvgIpc) is 3.33. The van der Waals surface area contributed by atoms with Gasteiger partial charge in [-0.05, 0) is 70.0 Å². The molecule has 4 aromatic rings. The highest BCUT2D eigenvalue weighted by atomic mass is 16.6. The average molecular weight is 544 g/mol. The van der Waals surface area contributed by atoms with Crippen LogP contribution in [0.25, 0.3) is 22.3 Å². The molecule has 208 valence electrons. The van der Waals surface area contributed by atoms with E-state index in [1.165, 1.54) is 11.3 Å². The first-order valence-electron chi connectivity index (χ1n) is 13.2. The second kappa shape index (κ2) is 11.3. The number of anilines is 1. The minimum Gasteiger partial charge on any atom is -0.457 e. The Morgan fingerprint density at radius 3 is 2.52 bits per heavy atom. The molecule has 0 saturated carbocycles. The van der Waals surface area contributed by atoms with E-state index < -0.39 is 11.7 Å². The Kier molecular flexibility index (Phi) is 7.65. The monoisotopic (exact) mass is 543 g/mol. The van der Waals surface area contributed by atoms with E-state index in [1.807, 2.05) is 64.3 Å². The molecule has 11 nitrogen and oxygen atoms in total. The zero-order valence-electron chi connectivity index (χ0n) is 22.9. The first-order valence-corrected chi connectivity index (χ1v) is 13.2. The van der Waals surface area contributed by atoms with Crippen LogP contribution in [0.5, 0.6) is 11.5 Å². The Labute approximate surface area is 232 Å². The molecule has 2 N–H and O–H groups in total. The summed E-state index contributed by atoms with van der Waals surface area (Å²) in [5.41, 5.74) is 7.76. The molecule has 3 heterocycles. The number of amides is 1. The van der Waals surface area contributed by atoms with Crippen LogP contribution >= 0.6 is 0 Å². The van der Waals surface area contributed by atoms with E-state index in [9.17, 15) is 9.59 Å². The molecule has 1 saturated heterocycles. The Morgan fingerprint density at radius 1 is 1.10 bits per heavy atom. The number of piperidine rings is 1. The lowest BCUT2D eigenvalue weighted by Gasteiger charge is -2.39. The van der Waals surface area contributed by atoms with Gasteiger partial charge in [0.1, 0.15) is 41.2 Å². The summed E-state index contributed by atoms with van der Waals surface area (Å²) in [6, 6.07) is 17.1. The second-order valence-electron chi connectivity index (χ2n) is 10.6. The van der Waals surface area contributed by atoms with Crippen LogP contribution in [0.2, 0.25) is 0 Å². The van der Waals surface area contributed by atoms with Crippen LogP contribution < -0.4 is 10.5 Å². The van der Waals surface area contributed by atoms with Gasteiger partial charge in [0.25, 0.3) is 0 Å². The van der Waals surface area contributed by atoms with E-state index >= 15 is 0 Å². The maximum atomic E-state index is 12.9. The Morgan fingerprint density at radius 2 is 1.82 bits per heavy atom. The van der Waals surface area contributed by atoms with Crippen molar-refractivity contribution in [2.45, 2.75) is 45.3 Å². The van der Waals surface area contributed by atoms with Crippen molar-refractivity contribution in [3.05, 3.63) is 60.9 Å². The number of aldehydes is 1. The standard InChI is InChI=1S/C29H33N7O4/c1-29(2,3)40-28(38)35(16-17-37)34-15-7-8-21(18-34)36-27-24(26(30)31-19-32-27)25(33-36)20-11-13-23(14-12-20)39-22-9-5-4-6-10-22/h4-6,9-14,17,19,21H,7-8,15-16,18H2,1-3H3,(H2,30,31,32). The third kappa shape index (κ3) is 5.89. The zero-order valence-corrected chi connectivity index (χ0v) is 22.9. The second-order valence-corrected chi connectivity index (χ2v) is 10.6. The van der Waals surface area contributed by atoms with Crippen molar-refractivity contribution in [3.63, 3.8) is 0 Å². The fourth-order valence-electron chi connectivity index (χ4n) is 4.80. The predicted octanol–water partition coefficient (Wildman–Crippen LogP) is 4.86. The van der Waals surface area contributed by atoms with Gasteiger partial charge in [-0.2, -0.15) is 5.10 Å². The van der Waals surface area contributed by atoms with Gasteiger partial charge in [-0.25, -0.2) is 29.5 Å². The van der Waals surface area contributed by atoms with Gasteiger partial charge in [0.2, 0.25) is 0 Å². The number of carbonyl (C=O) groups is 2. The highest BCUT2D eigenvalue weighted by Gasteiger charge is 2.33. The lowest BCUT2D eigenvalue weighted by Crippen LogP contribution is -2.53. The van der Waals surface area contributed by atoms with Crippen molar-refractivity contribution < 1.29 is 19.1 Å². The number of ether oxygens (including phenoxy) is 2. The molecule has 0 spiro atoms. The number of para-hydroxylation sites is 1. The number of nitrogen functional groups attached to an aromatic ring is 1. The molecule has 0 radical (unpaired) electrons. The van der Waals surface area contributed by atoms with Gasteiger partial charge in [0, 0.05) is 18.7 Å². The predicted molar refractivity (Wildman–Crippen MR) is 151 cm³/mol. The third-order valence-corrected chi connectivity index (χ3v) is 6.54. The van der Waals surface area contributed by atoms with Crippen LogP contribution in [0.3, 0.4) is 0 Å². The largest absolute Gasteiger partial charge is 0.457 e. The van der Waals surface area contributed by atoms with Crippen LogP contribution in [0.15, 0.2) is 60.9 Å². The molecule has 2 aromatic heterocycles. The van der Waals surface area contributed by atoms with Crippen molar-refractivity contribution in [1.82, 2.24) is 29.8 Å². The molecule has 1 aliphatic rings. The maximum Gasteiger partial charge on any atom is 0.425 e. The maximum absolute atomic E-state index is 12.9. The van der Waals surface area contributed by atoms with Crippen molar-refractivity contribution in [2.75, 3.05) is 25.4 Å². The fourth-order valence-corrected chi connectivity index (χ4v) is 4.80. The summed E-state index contributed by atoms with van der Waals surface area (Å²) in [7, 11) is 0. The van der Waals surface area contributed by atoms with Crippen molar-refractivity contribution >= 4 is 29.2 Å². The Bertz CT molecular complexity index is 1480. The molecule has 1 atom stereocenters. The number of hydrazine groups is 1. The van der Waals surface area contributed by atoms with Gasteiger partial charge in [0.05, 0.1) is 18.0 Å². The highest BCUT2D eigenvalue weighted by molar-refractivity contribution is 5.98. The molecule has 5 rings (SSSR count). The molecular weight excluding hydrogens is 510 g/mol. The quantitative estimate of drug-likeness (QED) is 0.325. The number of nitrogens with two attached hydrogens (primary N) is 1. The zero-order chi connectivity index (χ0) is 28.3. The van der Waals surface area contributed by atoms with Crippen LogP contribution in [-0.4, -0.2) is 67.4 Å². The lowest BCUT2D eigenvalue weighted by atomic mass is 10.1. The molecule has 1 fully saturated rings. The summed E-state index contributed by atoms with van der Waals surface area (Å²) in [4.78, 5) is 33.1. The number of nitrogens with zero attached hydrogens (tertiary/aromatic N) is 6. The van der Waals surface area contributed by atoms with E-state index in [0.29, 0.717) is 47.7 Å². The number of rotatable bonds is 7. The van der Waals surface area contributed by atoms with E-state index in [2.05, 4.69) is 9.97 Å². The number of benzene rings is 2. The molecule has 1 amide bonds. The number of fused-ring (bicyclic) bond motifs is 1. The number of hydrogen-bond donors (Lipinski definition) is 1. The first-order chi connectivity index (χ1) is 19.2. The number of hydrogen-bond acceptors (Lipinski definition) is 9. The molecule has 0 bridgehead atoms. The van der Waals surface area contributed by atoms with E-state index in [1.54, 1.807) is 20.8 Å². The van der Waals surface area contributed by atoms with Gasteiger partial charge in [-0.15, -0.1) is 0 Å². The smallest absolute Gasteiger partial charge is 0.425 e. The van der Waals surface area contributed by atoms with Gasteiger partial charge >= 0.3 is 6.09 Å². The molecule has 2 aromatic carbocycles. The van der Waals surface area contributed by atoms with E-state index in [0.717, 1.165) is 24.2 Å². The molecule has 0 aliphatic carbocycles. The fraction of sp³-hybridized carbons (Fsp3) is 0.345. The van der Waals surface area contributed by atoms with Crippen molar-refractivity contribution in [1.29, 1.82) is 0 Å². The van der Waals surface area contributed by atoms with Gasteiger partial charge in [-0.1, -0.05) is 18.2 Å². The van der Waals surface area contributed by atoms with Crippen LogP contribution in [0.1, 0.15) is 39.7 Å². The van der Waals surface area contributed by atoms with Crippen LogP contribution in [0.4, 0.5) is 10.6 Å². The SMILES string of the molecule is CC(C)(C)OC(=O)N(CC=O)N1CCCC(n2nc(-c3ccc(Oc4ccccc4)cc3)c3c(N)ncnc32)C1. The number of carbonyl (C=O) groups excluding carboxylic acids is 2. The van der Waals surface area contributed by atoms with Crippen LogP contribution in [-0.2, 0) is 9.53 Å². The lowest BCUT2D eigenvalue weighted by molar-refractivity contribution is -0.116. The van der Waals surface area contributed by atoms with Gasteiger partial charge in [0.15, 0.2) is 5.65 Å². The third-order valence-electron chi connectivity index (χ3n) is 6.54. The molecule has 1 unspecified atom stereocenters. The van der Waals surface area contributed by atoms with Gasteiger partial charge in [-0.3, -0.25) is 0 Å². The summed E-state index contributed by atoms with van der Waals surface area (Å²) >= 11 is 0. The summed E-state index contributed by atoms with van der Waals surface area (Å²) in [6.07, 6.45) is 3.16. The normalized spacial score (nSPS) is 16.0. The van der Waals surface area contributed by atoms with E-state index in [-0.39, 0.29) is 12.6 Å².